The highest BCUT2D eigenvalue weighted by Gasteiger charge is 2.15. The molecule has 0 saturated carbocycles. The predicted octanol–water partition coefficient (Wildman–Crippen LogP) is 3.69. The lowest BCUT2D eigenvalue weighted by Gasteiger charge is -2.19. The minimum absolute atomic E-state index is 0.107. The molecule has 0 spiro atoms. The number of halogens is 2. The summed E-state index contributed by atoms with van der Waals surface area (Å²) in [7, 11) is 0. The number of benzene rings is 1. The fraction of sp³-hybridized carbons (Fsp3) is 0.312. The van der Waals surface area contributed by atoms with E-state index in [2.05, 4.69) is 15.0 Å². The van der Waals surface area contributed by atoms with E-state index in [-0.39, 0.29) is 11.8 Å². The molecule has 0 fully saturated rings. The number of alkyl halides is 2. The minimum Gasteiger partial charge on any atom is -0.435 e. The molecule has 1 N–H and O–H groups in total. The van der Waals surface area contributed by atoms with Gasteiger partial charge < -0.3 is 10.1 Å². The van der Waals surface area contributed by atoms with Gasteiger partial charge in [0.2, 0.25) is 0 Å². The van der Waals surface area contributed by atoms with Crippen LogP contribution in [0.2, 0.25) is 0 Å². The van der Waals surface area contributed by atoms with Crippen molar-refractivity contribution < 1.29 is 13.5 Å². The number of nitrogens with zero attached hydrogens (tertiary/aromatic N) is 1. The molecule has 2 aromatic rings. The summed E-state index contributed by atoms with van der Waals surface area (Å²) in [6.45, 7) is 1.84. The molecule has 2 rings (SSSR count). The minimum atomic E-state index is -2.82. The smallest absolute Gasteiger partial charge is 0.387 e. The number of hydrogen-bond donors (Lipinski definition) is 1. The molecule has 0 bridgehead atoms. The van der Waals surface area contributed by atoms with Gasteiger partial charge in [-0.25, -0.2) is 0 Å². The summed E-state index contributed by atoms with van der Waals surface area (Å²) < 4.78 is 29.1. The van der Waals surface area contributed by atoms with Gasteiger partial charge in [-0.15, -0.1) is 0 Å². The van der Waals surface area contributed by atoms with Gasteiger partial charge in [-0.1, -0.05) is 25.1 Å². The van der Waals surface area contributed by atoms with Crippen LogP contribution >= 0.6 is 0 Å². The van der Waals surface area contributed by atoms with E-state index in [0.717, 1.165) is 23.4 Å². The van der Waals surface area contributed by atoms with E-state index in [9.17, 15) is 8.78 Å². The normalized spacial score (nSPS) is 12.4. The summed E-state index contributed by atoms with van der Waals surface area (Å²) in [6.07, 6.45) is 1.79. The van der Waals surface area contributed by atoms with Crippen molar-refractivity contribution in [3.63, 3.8) is 0 Å². The number of pyridine rings is 1. The molecule has 1 heterocycles. The van der Waals surface area contributed by atoms with Crippen molar-refractivity contribution in [3.05, 3.63) is 59.4 Å². The number of aryl methyl sites for hydroxylation is 1. The Morgan fingerprint density at radius 1 is 1.19 bits per heavy atom. The van der Waals surface area contributed by atoms with Crippen molar-refractivity contribution in [2.24, 2.45) is 0 Å². The average molecular weight is 292 g/mol. The van der Waals surface area contributed by atoms with Crippen molar-refractivity contribution in [3.8, 4) is 5.75 Å². The molecule has 112 valence electrons. The first-order valence-corrected chi connectivity index (χ1v) is 6.81. The summed E-state index contributed by atoms with van der Waals surface area (Å²) >= 11 is 0. The van der Waals surface area contributed by atoms with Crippen molar-refractivity contribution in [2.75, 3.05) is 6.54 Å². The third-order valence-corrected chi connectivity index (χ3v) is 3.09. The molecule has 0 aliphatic heterocycles. The molecular formula is C16H18F2N2O. The number of aromatic nitrogens is 1. The zero-order valence-corrected chi connectivity index (χ0v) is 12.0. The highest BCUT2D eigenvalue weighted by molar-refractivity contribution is 5.36. The van der Waals surface area contributed by atoms with Crippen molar-refractivity contribution in [1.29, 1.82) is 0 Å². The van der Waals surface area contributed by atoms with Crippen LogP contribution in [0.25, 0.3) is 0 Å². The summed E-state index contributed by atoms with van der Waals surface area (Å²) in [5, 5.41) is 3.33. The SMILES string of the molecule is CCNC(c1ccc(C)nc1)c1cccc(OC(F)F)c1. The number of nitrogens with one attached hydrogen (secondary N) is 1. The fourth-order valence-corrected chi connectivity index (χ4v) is 2.15. The molecule has 5 heteroatoms. The summed E-state index contributed by atoms with van der Waals surface area (Å²) in [4.78, 5) is 4.29. The molecule has 21 heavy (non-hydrogen) atoms. The molecule has 0 radical (unpaired) electrons. The summed E-state index contributed by atoms with van der Waals surface area (Å²) in [6, 6.07) is 10.5. The van der Waals surface area contributed by atoms with Crippen molar-refractivity contribution in [2.45, 2.75) is 26.5 Å². The first kappa shape index (κ1) is 15.4. The Labute approximate surface area is 123 Å². The monoisotopic (exact) mass is 292 g/mol. The first-order valence-electron chi connectivity index (χ1n) is 6.81. The van der Waals surface area contributed by atoms with Crippen LogP contribution in [0.5, 0.6) is 5.75 Å². The van der Waals surface area contributed by atoms with Crippen LogP contribution in [0.4, 0.5) is 8.78 Å². The van der Waals surface area contributed by atoms with Gasteiger partial charge in [0.1, 0.15) is 5.75 Å². The standard InChI is InChI=1S/C16H18F2N2O/c1-3-19-15(13-8-7-11(2)20-10-13)12-5-4-6-14(9-12)21-16(17)18/h4-10,15-16,19H,3H2,1-2H3. The largest absolute Gasteiger partial charge is 0.435 e. The van der Waals surface area contributed by atoms with E-state index in [4.69, 9.17) is 0 Å². The zero-order valence-electron chi connectivity index (χ0n) is 12.0. The fourth-order valence-electron chi connectivity index (χ4n) is 2.15. The third-order valence-electron chi connectivity index (χ3n) is 3.09. The van der Waals surface area contributed by atoms with E-state index < -0.39 is 6.61 Å². The quantitative estimate of drug-likeness (QED) is 0.881. The van der Waals surface area contributed by atoms with Crippen LogP contribution in [-0.4, -0.2) is 18.1 Å². The van der Waals surface area contributed by atoms with Crippen LogP contribution in [-0.2, 0) is 0 Å². The number of ether oxygens (including phenoxy) is 1. The van der Waals surface area contributed by atoms with Gasteiger partial charge in [0.05, 0.1) is 6.04 Å². The van der Waals surface area contributed by atoms with Gasteiger partial charge in [0, 0.05) is 11.9 Å². The topological polar surface area (TPSA) is 34.2 Å². The van der Waals surface area contributed by atoms with Crippen molar-refractivity contribution >= 4 is 0 Å². The lowest BCUT2D eigenvalue weighted by Crippen LogP contribution is -2.22. The van der Waals surface area contributed by atoms with Crippen LogP contribution < -0.4 is 10.1 Å². The average Bonchev–Trinajstić information content (AvgIpc) is 2.45. The van der Waals surface area contributed by atoms with Crippen LogP contribution in [0.15, 0.2) is 42.6 Å². The maximum atomic E-state index is 12.3. The Morgan fingerprint density at radius 2 is 2.00 bits per heavy atom. The lowest BCUT2D eigenvalue weighted by atomic mass is 9.99. The number of hydrogen-bond acceptors (Lipinski definition) is 3. The zero-order chi connectivity index (χ0) is 15.2. The Bertz CT molecular complexity index is 573. The van der Waals surface area contributed by atoms with Crippen LogP contribution in [0.1, 0.15) is 29.8 Å². The van der Waals surface area contributed by atoms with E-state index in [1.54, 1.807) is 18.3 Å². The Morgan fingerprint density at radius 3 is 2.62 bits per heavy atom. The van der Waals surface area contributed by atoms with Crippen LogP contribution in [0.3, 0.4) is 0 Å². The van der Waals surface area contributed by atoms with Crippen LogP contribution in [0, 0.1) is 6.92 Å². The first-order chi connectivity index (χ1) is 10.1. The van der Waals surface area contributed by atoms with Crippen molar-refractivity contribution in [1.82, 2.24) is 10.3 Å². The predicted molar refractivity (Wildman–Crippen MR) is 77.6 cm³/mol. The van der Waals surface area contributed by atoms with Gasteiger partial charge in [-0.05, 0) is 42.8 Å². The highest BCUT2D eigenvalue weighted by Crippen LogP contribution is 2.25. The molecule has 0 aliphatic carbocycles. The van der Waals surface area contributed by atoms with Gasteiger partial charge >= 0.3 is 6.61 Å². The third kappa shape index (κ3) is 4.23. The lowest BCUT2D eigenvalue weighted by molar-refractivity contribution is -0.0498. The Kier molecular flexibility index (Phi) is 5.22. The molecule has 0 aliphatic rings. The van der Waals surface area contributed by atoms with E-state index in [0.29, 0.717) is 0 Å². The molecule has 0 amide bonds. The number of rotatable bonds is 6. The Balaban J connectivity index is 2.31. The molecule has 1 aromatic carbocycles. The molecule has 3 nitrogen and oxygen atoms in total. The molecule has 1 aromatic heterocycles. The second-order valence-electron chi connectivity index (χ2n) is 4.67. The summed E-state index contributed by atoms with van der Waals surface area (Å²) in [5.74, 6) is 0.158. The molecule has 1 atom stereocenters. The maximum absolute atomic E-state index is 12.3. The van der Waals surface area contributed by atoms with Gasteiger partial charge in [-0.2, -0.15) is 8.78 Å². The Hall–Kier alpha value is -2.01. The van der Waals surface area contributed by atoms with Gasteiger partial charge in [0.25, 0.3) is 0 Å². The van der Waals surface area contributed by atoms with Gasteiger partial charge in [0.15, 0.2) is 0 Å². The second-order valence-corrected chi connectivity index (χ2v) is 4.67. The van der Waals surface area contributed by atoms with Gasteiger partial charge in [-0.3, -0.25) is 4.98 Å². The highest BCUT2D eigenvalue weighted by atomic mass is 19.3. The van der Waals surface area contributed by atoms with E-state index in [1.165, 1.54) is 6.07 Å². The molecule has 0 saturated heterocycles. The second kappa shape index (κ2) is 7.13. The molecular weight excluding hydrogens is 274 g/mol. The van der Waals surface area contributed by atoms with E-state index in [1.807, 2.05) is 32.0 Å². The molecule has 1 unspecified atom stereocenters. The maximum Gasteiger partial charge on any atom is 0.387 e. The van der Waals surface area contributed by atoms with E-state index >= 15 is 0 Å². The summed E-state index contributed by atoms with van der Waals surface area (Å²) in [5.41, 5.74) is 2.78.